The van der Waals surface area contributed by atoms with Crippen molar-refractivity contribution in [3.05, 3.63) is 124 Å². The molecule has 0 aromatic heterocycles. The molecular weight excluding hydrogens is 528 g/mol. The summed E-state index contributed by atoms with van der Waals surface area (Å²) in [5.74, 6) is -7.52. The number of benzene rings is 4. The van der Waals surface area contributed by atoms with Gasteiger partial charge in [-0.1, -0.05) is 66.7 Å². The highest BCUT2D eigenvalue weighted by atomic mass is 16.5. The van der Waals surface area contributed by atoms with Crippen molar-refractivity contribution in [2.75, 3.05) is 6.61 Å². The van der Waals surface area contributed by atoms with Gasteiger partial charge in [0.2, 0.25) is 5.75 Å². The molecule has 41 heavy (non-hydrogen) atoms. The molecule has 0 radical (unpaired) electrons. The summed E-state index contributed by atoms with van der Waals surface area (Å²) in [4.78, 5) is 66.1. The van der Waals surface area contributed by atoms with Gasteiger partial charge in [-0.15, -0.1) is 0 Å². The summed E-state index contributed by atoms with van der Waals surface area (Å²) in [5, 5.41) is 22.1. The lowest BCUT2D eigenvalue weighted by Crippen LogP contribution is -2.21. The maximum absolute atomic E-state index is 14.0. The number of carbonyl (C=O) groups is 5. The van der Waals surface area contributed by atoms with E-state index in [0.29, 0.717) is 0 Å². The molecule has 0 spiro atoms. The molecule has 9 heteroatoms. The summed E-state index contributed by atoms with van der Waals surface area (Å²) in [6, 6.07) is 20.6. The molecule has 0 heterocycles. The standard InChI is InChI=1S/C32H24O9/c1-3-40-32(39)23-24(26(34)19-11-6-4-7-12-19)28(36)29(37)30(41-31(38)20-13-8-5-9-14-20)25(23)27(35)22-16-10-15-21(17-22)18(2)33/h4-17,36-37H,3H2,1-2H3. The molecule has 0 aliphatic heterocycles. The van der Waals surface area contributed by atoms with Crippen LogP contribution in [0, 0.1) is 0 Å². The zero-order chi connectivity index (χ0) is 29.7. The van der Waals surface area contributed by atoms with Crippen LogP contribution in [0.15, 0.2) is 84.9 Å². The van der Waals surface area contributed by atoms with E-state index in [-0.39, 0.29) is 34.6 Å². The maximum Gasteiger partial charge on any atom is 0.343 e. The SMILES string of the molecule is CCOC(=O)c1c(C(=O)c2ccccc2)c(O)c(O)c(OC(=O)c2ccccc2)c1C(=O)c1cccc(C(C)=O)c1. The van der Waals surface area contributed by atoms with E-state index in [4.69, 9.17) is 9.47 Å². The highest BCUT2D eigenvalue weighted by Gasteiger charge is 2.37. The molecule has 2 N–H and O–H groups in total. The molecule has 4 aromatic carbocycles. The highest BCUT2D eigenvalue weighted by Crippen LogP contribution is 2.46. The molecule has 0 bridgehead atoms. The van der Waals surface area contributed by atoms with Crippen LogP contribution in [-0.2, 0) is 4.74 Å². The molecule has 0 saturated carbocycles. The lowest BCUT2D eigenvalue weighted by atomic mass is 9.88. The Labute approximate surface area is 234 Å². The van der Waals surface area contributed by atoms with E-state index in [1.807, 2.05) is 0 Å². The van der Waals surface area contributed by atoms with E-state index in [1.165, 1.54) is 62.4 Å². The quantitative estimate of drug-likeness (QED) is 0.124. The Balaban J connectivity index is 2.07. The number of Topliss-reactive ketones (excluding diaryl/α,β-unsaturated/α-hetero) is 1. The molecule has 9 nitrogen and oxygen atoms in total. The Morgan fingerprint density at radius 3 is 1.73 bits per heavy atom. The molecule has 0 aliphatic carbocycles. The van der Waals surface area contributed by atoms with Crippen LogP contribution >= 0.6 is 0 Å². The predicted octanol–water partition coefficient (Wildman–Crippen LogP) is 5.16. The smallest absolute Gasteiger partial charge is 0.343 e. The average molecular weight is 553 g/mol. The van der Waals surface area contributed by atoms with E-state index >= 15 is 0 Å². The van der Waals surface area contributed by atoms with Crippen LogP contribution in [0.3, 0.4) is 0 Å². The molecule has 0 amide bonds. The first-order valence-corrected chi connectivity index (χ1v) is 12.5. The zero-order valence-electron chi connectivity index (χ0n) is 22.0. The minimum Gasteiger partial charge on any atom is -0.504 e. The van der Waals surface area contributed by atoms with Gasteiger partial charge >= 0.3 is 11.9 Å². The van der Waals surface area contributed by atoms with Gasteiger partial charge in [0, 0.05) is 16.7 Å². The fraction of sp³-hybridized carbons (Fsp3) is 0.0938. The zero-order valence-corrected chi connectivity index (χ0v) is 22.0. The molecule has 0 unspecified atom stereocenters. The maximum atomic E-state index is 14.0. The summed E-state index contributed by atoms with van der Waals surface area (Å²) < 4.78 is 10.6. The topological polar surface area (TPSA) is 144 Å². The highest BCUT2D eigenvalue weighted by molar-refractivity contribution is 6.24. The van der Waals surface area contributed by atoms with Crippen LogP contribution in [-0.4, -0.2) is 46.1 Å². The lowest BCUT2D eigenvalue weighted by Gasteiger charge is -2.20. The molecule has 4 rings (SSSR count). The fourth-order valence-corrected chi connectivity index (χ4v) is 4.13. The minimum absolute atomic E-state index is 0.0266. The second kappa shape index (κ2) is 12.1. The molecule has 206 valence electrons. The Morgan fingerprint density at radius 1 is 0.610 bits per heavy atom. The molecule has 0 atom stereocenters. The molecule has 0 fully saturated rings. The van der Waals surface area contributed by atoms with Gasteiger partial charge in [-0.2, -0.15) is 0 Å². The van der Waals surface area contributed by atoms with E-state index in [2.05, 4.69) is 0 Å². The number of phenolic OH excluding ortho intramolecular Hbond substituents is 2. The molecule has 0 aliphatic rings. The van der Waals surface area contributed by atoms with E-state index in [9.17, 15) is 34.2 Å². The van der Waals surface area contributed by atoms with Crippen LogP contribution < -0.4 is 4.74 Å². The van der Waals surface area contributed by atoms with Crippen LogP contribution in [0.1, 0.15) is 76.8 Å². The van der Waals surface area contributed by atoms with Gasteiger partial charge in [0.05, 0.1) is 28.9 Å². The third kappa shape index (κ3) is 5.74. The third-order valence-corrected chi connectivity index (χ3v) is 6.11. The number of phenols is 2. The first-order valence-electron chi connectivity index (χ1n) is 12.5. The van der Waals surface area contributed by atoms with Crippen molar-refractivity contribution in [3.63, 3.8) is 0 Å². The summed E-state index contributed by atoms with van der Waals surface area (Å²) in [6.45, 7) is 2.61. The fourth-order valence-electron chi connectivity index (χ4n) is 4.13. The van der Waals surface area contributed by atoms with Crippen LogP contribution in [0.4, 0.5) is 0 Å². The van der Waals surface area contributed by atoms with Crippen molar-refractivity contribution >= 4 is 29.3 Å². The second-order valence-electron chi connectivity index (χ2n) is 8.79. The number of ether oxygens (including phenoxy) is 2. The number of aromatic hydroxyl groups is 2. The molecular formula is C32H24O9. The van der Waals surface area contributed by atoms with Gasteiger partial charge in [-0.25, -0.2) is 9.59 Å². The lowest BCUT2D eigenvalue weighted by molar-refractivity contribution is 0.0517. The third-order valence-electron chi connectivity index (χ3n) is 6.11. The van der Waals surface area contributed by atoms with Gasteiger partial charge in [0.25, 0.3) is 0 Å². The predicted molar refractivity (Wildman–Crippen MR) is 147 cm³/mol. The summed E-state index contributed by atoms with van der Waals surface area (Å²) in [5.41, 5.74) is -2.04. The van der Waals surface area contributed by atoms with E-state index in [0.717, 1.165) is 0 Å². The van der Waals surface area contributed by atoms with Crippen molar-refractivity contribution < 1.29 is 43.7 Å². The first kappa shape index (κ1) is 28.4. The number of hydrogen-bond acceptors (Lipinski definition) is 9. The van der Waals surface area contributed by atoms with Gasteiger partial charge < -0.3 is 19.7 Å². The summed E-state index contributed by atoms with van der Waals surface area (Å²) in [7, 11) is 0. The Kier molecular flexibility index (Phi) is 8.38. The van der Waals surface area contributed by atoms with Crippen molar-refractivity contribution in [2.45, 2.75) is 13.8 Å². The number of ketones is 3. The average Bonchev–Trinajstić information content (AvgIpc) is 2.99. The van der Waals surface area contributed by atoms with Gasteiger partial charge in [-0.05, 0) is 32.0 Å². The van der Waals surface area contributed by atoms with Gasteiger partial charge in [-0.3, -0.25) is 14.4 Å². The van der Waals surface area contributed by atoms with Crippen LogP contribution in [0.5, 0.6) is 17.2 Å². The normalized spacial score (nSPS) is 10.5. The Morgan fingerprint density at radius 2 is 1.15 bits per heavy atom. The summed E-state index contributed by atoms with van der Waals surface area (Å²) in [6.07, 6.45) is 0. The van der Waals surface area contributed by atoms with Crippen LogP contribution in [0.25, 0.3) is 0 Å². The first-order chi connectivity index (χ1) is 19.6. The van der Waals surface area contributed by atoms with Crippen molar-refractivity contribution in [1.29, 1.82) is 0 Å². The Bertz CT molecular complexity index is 1670. The summed E-state index contributed by atoms with van der Waals surface area (Å²) >= 11 is 0. The Hall–Kier alpha value is -5.57. The van der Waals surface area contributed by atoms with E-state index < -0.39 is 57.4 Å². The minimum atomic E-state index is -1.19. The second-order valence-corrected chi connectivity index (χ2v) is 8.79. The van der Waals surface area contributed by atoms with Crippen molar-refractivity contribution in [2.24, 2.45) is 0 Å². The van der Waals surface area contributed by atoms with Crippen LogP contribution in [0.2, 0.25) is 0 Å². The monoisotopic (exact) mass is 552 g/mol. The van der Waals surface area contributed by atoms with Gasteiger partial charge in [0.1, 0.15) is 0 Å². The molecule has 4 aromatic rings. The van der Waals surface area contributed by atoms with Crippen molar-refractivity contribution in [1.82, 2.24) is 0 Å². The number of hydrogen-bond donors (Lipinski definition) is 2. The van der Waals surface area contributed by atoms with Crippen molar-refractivity contribution in [3.8, 4) is 17.2 Å². The molecule has 0 saturated heterocycles. The number of rotatable bonds is 9. The largest absolute Gasteiger partial charge is 0.504 e. The van der Waals surface area contributed by atoms with E-state index in [1.54, 1.807) is 36.4 Å². The number of esters is 2. The van der Waals surface area contributed by atoms with Gasteiger partial charge in [0.15, 0.2) is 28.8 Å². The number of carbonyl (C=O) groups excluding carboxylic acids is 5.